The van der Waals surface area contributed by atoms with Crippen molar-refractivity contribution in [1.29, 1.82) is 0 Å². The Kier molecular flexibility index (Phi) is 4.13. The number of anilines is 2. The van der Waals surface area contributed by atoms with Gasteiger partial charge in [0.2, 0.25) is 0 Å². The SMILES string of the molecule is C=C(N)C(=O)Nc1ccc2cc(NC(=O)C(=C)N)ccc2c1. The van der Waals surface area contributed by atoms with Crippen LogP contribution in [0.25, 0.3) is 10.8 Å². The number of nitrogens with one attached hydrogen (secondary N) is 2. The molecule has 112 valence electrons. The first-order chi connectivity index (χ1) is 10.4. The molecule has 0 spiro atoms. The van der Waals surface area contributed by atoms with Crippen LogP contribution in [0.2, 0.25) is 0 Å². The molecule has 0 aliphatic carbocycles. The molecule has 2 aromatic carbocycles. The van der Waals surface area contributed by atoms with E-state index in [2.05, 4.69) is 23.8 Å². The van der Waals surface area contributed by atoms with Crippen LogP contribution in [0, 0.1) is 0 Å². The third kappa shape index (κ3) is 3.43. The molecule has 0 atom stereocenters. The lowest BCUT2D eigenvalue weighted by molar-refractivity contribution is -0.113. The summed E-state index contributed by atoms with van der Waals surface area (Å²) < 4.78 is 0. The van der Waals surface area contributed by atoms with Gasteiger partial charge in [-0.2, -0.15) is 0 Å². The number of fused-ring (bicyclic) bond motifs is 1. The first-order valence-corrected chi connectivity index (χ1v) is 6.42. The first kappa shape index (κ1) is 15.1. The summed E-state index contributed by atoms with van der Waals surface area (Å²) in [7, 11) is 0. The fourth-order valence-corrected chi connectivity index (χ4v) is 1.82. The van der Waals surface area contributed by atoms with E-state index in [0.717, 1.165) is 10.8 Å². The molecule has 0 radical (unpaired) electrons. The molecule has 6 nitrogen and oxygen atoms in total. The van der Waals surface area contributed by atoms with E-state index in [0.29, 0.717) is 11.4 Å². The molecule has 6 N–H and O–H groups in total. The average Bonchev–Trinajstić information content (AvgIpc) is 2.47. The van der Waals surface area contributed by atoms with Gasteiger partial charge in [0.25, 0.3) is 11.8 Å². The maximum atomic E-state index is 11.5. The van der Waals surface area contributed by atoms with E-state index in [9.17, 15) is 9.59 Å². The number of carbonyl (C=O) groups is 2. The van der Waals surface area contributed by atoms with Gasteiger partial charge < -0.3 is 22.1 Å². The van der Waals surface area contributed by atoms with Gasteiger partial charge in [-0.1, -0.05) is 25.3 Å². The zero-order chi connectivity index (χ0) is 16.3. The van der Waals surface area contributed by atoms with Crippen molar-refractivity contribution in [2.24, 2.45) is 11.5 Å². The van der Waals surface area contributed by atoms with Crippen molar-refractivity contribution in [2.75, 3.05) is 10.6 Å². The van der Waals surface area contributed by atoms with Gasteiger partial charge in [0.05, 0.1) is 11.4 Å². The molecule has 0 heterocycles. The fraction of sp³-hybridized carbons (Fsp3) is 0. The highest BCUT2D eigenvalue weighted by Gasteiger charge is 2.06. The molecule has 0 unspecified atom stereocenters. The molecule has 0 aliphatic rings. The smallest absolute Gasteiger partial charge is 0.270 e. The lowest BCUT2D eigenvalue weighted by atomic mass is 10.1. The Morgan fingerprint density at radius 2 is 1.14 bits per heavy atom. The van der Waals surface area contributed by atoms with Gasteiger partial charge in [0.1, 0.15) is 0 Å². The number of hydrogen-bond acceptors (Lipinski definition) is 4. The Balaban J connectivity index is 2.25. The molecule has 2 aromatic rings. The zero-order valence-electron chi connectivity index (χ0n) is 11.8. The van der Waals surface area contributed by atoms with Gasteiger partial charge in [-0.05, 0) is 35.0 Å². The van der Waals surface area contributed by atoms with Gasteiger partial charge in [-0.3, -0.25) is 9.59 Å². The van der Waals surface area contributed by atoms with Crippen LogP contribution in [0.3, 0.4) is 0 Å². The van der Waals surface area contributed by atoms with Crippen molar-refractivity contribution in [3.05, 3.63) is 61.0 Å². The summed E-state index contributed by atoms with van der Waals surface area (Å²) in [6.07, 6.45) is 0. The zero-order valence-corrected chi connectivity index (χ0v) is 11.8. The van der Waals surface area contributed by atoms with Crippen LogP contribution in [-0.2, 0) is 9.59 Å². The van der Waals surface area contributed by atoms with Gasteiger partial charge >= 0.3 is 0 Å². The minimum absolute atomic E-state index is 0.0554. The summed E-state index contributed by atoms with van der Waals surface area (Å²) in [6.45, 7) is 6.75. The Hall–Kier alpha value is -3.28. The summed E-state index contributed by atoms with van der Waals surface area (Å²) in [5, 5.41) is 7.05. The van der Waals surface area contributed by atoms with E-state index in [1.807, 2.05) is 12.1 Å². The quantitative estimate of drug-likeness (QED) is 0.643. The highest BCUT2D eigenvalue weighted by molar-refractivity contribution is 6.05. The van der Waals surface area contributed by atoms with Gasteiger partial charge in [-0.25, -0.2) is 0 Å². The molecule has 0 saturated carbocycles. The maximum Gasteiger partial charge on any atom is 0.270 e. The van der Waals surface area contributed by atoms with Crippen molar-refractivity contribution in [3.8, 4) is 0 Å². The molecule has 6 heteroatoms. The molecule has 22 heavy (non-hydrogen) atoms. The van der Waals surface area contributed by atoms with E-state index >= 15 is 0 Å². The van der Waals surface area contributed by atoms with Gasteiger partial charge in [-0.15, -0.1) is 0 Å². The molecule has 2 rings (SSSR count). The minimum Gasteiger partial charge on any atom is -0.395 e. The standard InChI is InChI=1S/C16H16N4O2/c1-9(17)15(21)19-13-5-3-12-8-14(6-4-11(12)7-13)20-16(22)10(2)18/h3-8H,1-2,17-18H2,(H,19,21)(H,20,22). The second-order valence-electron chi connectivity index (χ2n) is 4.74. The number of hydrogen-bond donors (Lipinski definition) is 4. The van der Waals surface area contributed by atoms with Gasteiger partial charge in [0, 0.05) is 11.4 Å². The van der Waals surface area contributed by atoms with Crippen LogP contribution in [0.1, 0.15) is 0 Å². The second-order valence-corrected chi connectivity index (χ2v) is 4.74. The van der Waals surface area contributed by atoms with Crippen LogP contribution in [-0.4, -0.2) is 11.8 Å². The third-order valence-corrected chi connectivity index (χ3v) is 2.94. The van der Waals surface area contributed by atoms with Crippen LogP contribution in [0.4, 0.5) is 11.4 Å². The number of nitrogens with two attached hydrogens (primary N) is 2. The van der Waals surface area contributed by atoms with Crippen molar-refractivity contribution >= 4 is 34.0 Å². The lowest BCUT2D eigenvalue weighted by Crippen LogP contribution is -2.19. The first-order valence-electron chi connectivity index (χ1n) is 6.42. The monoisotopic (exact) mass is 296 g/mol. The molecular weight excluding hydrogens is 280 g/mol. The number of carbonyl (C=O) groups excluding carboxylic acids is 2. The Bertz CT molecular complexity index is 729. The molecule has 0 fully saturated rings. The van der Waals surface area contributed by atoms with Crippen LogP contribution in [0.15, 0.2) is 61.0 Å². The summed E-state index contributed by atoms with van der Waals surface area (Å²) in [4.78, 5) is 23.0. The average molecular weight is 296 g/mol. The Morgan fingerprint density at radius 1 is 0.773 bits per heavy atom. The lowest BCUT2D eigenvalue weighted by Gasteiger charge is -2.08. The third-order valence-electron chi connectivity index (χ3n) is 2.94. The van der Waals surface area contributed by atoms with Crippen molar-refractivity contribution in [1.82, 2.24) is 0 Å². The Morgan fingerprint density at radius 3 is 1.45 bits per heavy atom. The van der Waals surface area contributed by atoms with Crippen molar-refractivity contribution < 1.29 is 9.59 Å². The second kappa shape index (κ2) is 6.01. The van der Waals surface area contributed by atoms with Crippen LogP contribution in [0.5, 0.6) is 0 Å². The normalized spacial score (nSPS) is 10.0. The van der Waals surface area contributed by atoms with Crippen LogP contribution < -0.4 is 22.1 Å². The van der Waals surface area contributed by atoms with E-state index in [1.54, 1.807) is 24.3 Å². The number of rotatable bonds is 4. The highest BCUT2D eigenvalue weighted by atomic mass is 16.2. The molecular formula is C16H16N4O2. The summed E-state index contributed by atoms with van der Waals surface area (Å²) in [5.41, 5.74) is 11.8. The Labute approximate surface area is 127 Å². The maximum absolute atomic E-state index is 11.5. The molecule has 2 amide bonds. The number of benzene rings is 2. The minimum atomic E-state index is -0.440. The van der Waals surface area contributed by atoms with Gasteiger partial charge in [0.15, 0.2) is 0 Å². The topological polar surface area (TPSA) is 110 Å². The van der Waals surface area contributed by atoms with Crippen molar-refractivity contribution in [3.63, 3.8) is 0 Å². The van der Waals surface area contributed by atoms with E-state index in [4.69, 9.17) is 11.5 Å². The molecule has 0 bridgehead atoms. The van der Waals surface area contributed by atoms with E-state index in [1.165, 1.54) is 0 Å². The molecule has 0 saturated heterocycles. The predicted molar refractivity (Wildman–Crippen MR) is 87.9 cm³/mol. The number of amides is 2. The highest BCUT2D eigenvalue weighted by Crippen LogP contribution is 2.23. The fourth-order valence-electron chi connectivity index (χ4n) is 1.82. The van der Waals surface area contributed by atoms with E-state index in [-0.39, 0.29) is 11.4 Å². The summed E-state index contributed by atoms with van der Waals surface area (Å²) >= 11 is 0. The molecule has 0 aromatic heterocycles. The van der Waals surface area contributed by atoms with Crippen molar-refractivity contribution in [2.45, 2.75) is 0 Å². The largest absolute Gasteiger partial charge is 0.395 e. The van der Waals surface area contributed by atoms with Crippen LogP contribution >= 0.6 is 0 Å². The molecule has 0 aliphatic heterocycles. The summed E-state index contributed by atoms with van der Waals surface area (Å²) in [5.74, 6) is -0.880. The summed E-state index contributed by atoms with van der Waals surface area (Å²) in [6, 6.07) is 10.7. The van der Waals surface area contributed by atoms with E-state index < -0.39 is 11.8 Å². The predicted octanol–water partition coefficient (Wildman–Crippen LogP) is 1.66.